The molecule has 2 aliphatic rings. The fraction of sp³-hybridized carbons (Fsp3) is 0.286. The number of nitrogens with two attached hydrogens (primary N) is 1. The minimum atomic E-state index is -0.291. The Morgan fingerprint density at radius 1 is 1.22 bits per heavy atom. The SMILES string of the molecule is COc1ncccc1-c1cccc2c(N)c3c(nc12)CN(C1CC1)C3C=O. The Morgan fingerprint density at radius 3 is 2.78 bits per heavy atom. The maximum absolute atomic E-state index is 11.8. The molecule has 0 spiro atoms. The second kappa shape index (κ2) is 6.03. The number of aromatic nitrogens is 2. The van der Waals surface area contributed by atoms with E-state index >= 15 is 0 Å². The Labute approximate surface area is 157 Å². The van der Waals surface area contributed by atoms with Crippen LogP contribution in [0.15, 0.2) is 36.5 Å². The van der Waals surface area contributed by atoms with Gasteiger partial charge in [-0.3, -0.25) is 9.88 Å². The van der Waals surface area contributed by atoms with E-state index in [9.17, 15) is 4.79 Å². The van der Waals surface area contributed by atoms with Crippen molar-refractivity contribution in [1.82, 2.24) is 14.9 Å². The first-order valence-electron chi connectivity index (χ1n) is 9.14. The molecule has 6 heteroatoms. The lowest BCUT2D eigenvalue weighted by molar-refractivity contribution is -0.112. The first kappa shape index (κ1) is 16.2. The summed E-state index contributed by atoms with van der Waals surface area (Å²) in [7, 11) is 1.61. The molecule has 1 fully saturated rings. The van der Waals surface area contributed by atoms with E-state index < -0.39 is 0 Å². The van der Waals surface area contributed by atoms with Crippen molar-refractivity contribution in [2.75, 3.05) is 12.8 Å². The molecule has 1 atom stereocenters. The number of anilines is 1. The Morgan fingerprint density at radius 2 is 2.04 bits per heavy atom. The van der Waals surface area contributed by atoms with E-state index in [1.165, 1.54) is 0 Å². The van der Waals surface area contributed by atoms with Crippen LogP contribution in [0.1, 0.15) is 30.1 Å². The highest BCUT2D eigenvalue weighted by Crippen LogP contribution is 2.45. The predicted octanol–water partition coefficient (Wildman–Crippen LogP) is 3.11. The van der Waals surface area contributed by atoms with Gasteiger partial charge in [0, 0.05) is 46.5 Å². The topological polar surface area (TPSA) is 81.3 Å². The van der Waals surface area contributed by atoms with E-state index in [-0.39, 0.29) is 6.04 Å². The number of aldehydes is 1. The van der Waals surface area contributed by atoms with E-state index in [4.69, 9.17) is 15.5 Å². The summed E-state index contributed by atoms with van der Waals surface area (Å²) in [5.74, 6) is 0.552. The molecule has 1 aliphatic heterocycles. The van der Waals surface area contributed by atoms with Crippen LogP contribution >= 0.6 is 0 Å². The van der Waals surface area contributed by atoms with Crippen molar-refractivity contribution in [3.05, 3.63) is 47.8 Å². The molecule has 0 amide bonds. The standard InChI is InChI=1S/C21H20N4O2/c1-27-21-14(6-3-9-23-21)13-4-2-5-15-19(22)18-16(24-20(13)15)10-25(12-7-8-12)17(18)11-26/h2-6,9,11-12,17H,7-8,10H2,1H3,(H2,22,24). The molecule has 2 aromatic heterocycles. The van der Waals surface area contributed by atoms with Crippen LogP contribution in [0.2, 0.25) is 0 Å². The molecule has 1 aromatic carbocycles. The molecule has 0 saturated heterocycles. The smallest absolute Gasteiger partial charge is 0.221 e. The van der Waals surface area contributed by atoms with E-state index in [0.717, 1.165) is 52.4 Å². The van der Waals surface area contributed by atoms with Gasteiger partial charge in [0.05, 0.1) is 24.4 Å². The Balaban J connectivity index is 1.75. The first-order valence-corrected chi connectivity index (χ1v) is 9.14. The molecular formula is C21H20N4O2. The predicted molar refractivity (Wildman–Crippen MR) is 103 cm³/mol. The number of hydrogen-bond donors (Lipinski definition) is 1. The summed E-state index contributed by atoms with van der Waals surface area (Å²) in [5, 5.41) is 0.863. The quantitative estimate of drug-likeness (QED) is 0.720. The van der Waals surface area contributed by atoms with Gasteiger partial charge in [-0.25, -0.2) is 4.98 Å². The van der Waals surface area contributed by atoms with E-state index in [1.807, 2.05) is 30.3 Å². The van der Waals surface area contributed by atoms with Crippen LogP contribution in [0, 0.1) is 0 Å². The molecule has 5 rings (SSSR count). The van der Waals surface area contributed by atoms with Gasteiger partial charge in [0.15, 0.2) is 0 Å². The number of para-hydroxylation sites is 1. The van der Waals surface area contributed by atoms with Gasteiger partial charge in [0.25, 0.3) is 0 Å². The lowest BCUT2D eigenvalue weighted by Gasteiger charge is -2.19. The molecular weight excluding hydrogens is 340 g/mol. The summed E-state index contributed by atoms with van der Waals surface area (Å²) in [6.07, 6.45) is 4.98. The van der Waals surface area contributed by atoms with Gasteiger partial charge in [-0.05, 0) is 25.0 Å². The maximum Gasteiger partial charge on any atom is 0.221 e. The van der Waals surface area contributed by atoms with Crippen molar-refractivity contribution in [3.63, 3.8) is 0 Å². The van der Waals surface area contributed by atoms with Crippen LogP contribution in [-0.2, 0) is 11.3 Å². The van der Waals surface area contributed by atoms with Crippen molar-refractivity contribution in [3.8, 4) is 17.0 Å². The number of carbonyl (C=O) groups is 1. The van der Waals surface area contributed by atoms with E-state index in [2.05, 4.69) is 9.88 Å². The summed E-state index contributed by atoms with van der Waals surface area (Å²) < 4.78 is 5.44. The number of nitrogens with zero attached hydrogens (tertiary/aromatic N) is 3. The van der Waals surface area contributed by atoms with Crippen molar-refractivity contribution in [2.45, 2.75) is 31.5 Å². The summed E-state index contributed by atoms with van der Waals surface area (Å²) in [6.45, 7) is 0.669. The third kappa shape index (κ3) is 2.40. The monoisotopic (exact) mass is 360 g/mol. The van der Waals surface area contributed by atoms with Gasteiger partial charge in [-0.15, -0.1) is 0 Å². The molecule has 0 radical (unpaired) electrons. The highest BCUT2D eigenvalue weighted by molar-refractivity contribution is 6.02. The Bertz CT molecular complexity index is 1060. The Kier molecular flexibility index (Phi) is 3.62. The number of carbonyl (C=O) groups excluding carboxylic acids is 1. The summed E-state index contributed by atoms with van der Waals surface area (Å²) in [5.41, 5.74) is 11.6. The average molecular weight is 360 g/mol. The number of pyridine rings is 2. The van der Waals surface area contributed by atoms with Crippen LogP contribution in [0.4, 0.5) is 5.69 Å². The molecule has 3 heterocycles. The molecule has 6 nitrogen and oxygen atoms in total. The molecule has 1 aliphatic carbocycles. The molecule has 3 aromatic rings. The number of benzene rings is 1. The fourth-order valence-electron chi connectivity index (χ4n) is 4.15. The number of ether oxygens (including phenoxy) is 1. The first-order chi connectivity index (χ1) is 13.2. The maximum atomic E-state index is 11.8. The van der Waals surface area contributed by atoms with Crippen molar-refractivity contribution in [1.29, 1.82) is 0 Å². The Hall–Kier alpha value is -2.99. The third-order valence-electron chi connectivity index (χ3n) is 5.56. The van der Waals surface area contributed by atoms with Gasteiger partial charge >= 0.3 is 0 Å². The summed E-state index contributed by atoms with van der Waals surface area (Å²) >= 11 is 0. The molecule has 27 heavy (non-hydrogen) atoms. The molecule has 1 unspecified atom stereocenters. The minimum absolute atomic E-state index is 0.291. The van der Waals surface area contributed by atoms with Crippen LogP contribution in [-0.4, -0.2) is 34.3 Å². The third-order valence-corrected chi connectivity index (χ3v) is 5.56. The molecule has 2 N–H and O–H groups in total. The molecule has 1 saturated carbocycles. The van der Waals surface area contributed by atoms with Gasteiger partial charge < -0.3 is 15.3 Å². The van der Waals surface area contributed by atoms with E-state index in [1.54, 1.807) is 13.3 Å². The van der Waals surface area contributed by atoms with Crippen LogP contribution < -0.4 is 10.5 Å². The normalized spacial score (nSPS) is 19.2. The highest BCUT2D eigenvalue weighted by Gasteiger charge is 2.42. The van der Waals surface area contributed by atoms with Gasteiger partial charge in [-0.1, -0.05) is 18.2 Å². The number of hydrogen-bond acceptors (Lipinski definition) is 6. The fourth-order valence-corrected chi connectivity index (χ4v) is 4.15. The minimum Gasteiger partial charge on any atom is -0.481 e. The highest BCUT2D eigenvalue weighted by atomic mass is 16.5. The van der Waals surface area contributed by atoms with Gasteiger partial charge in [0.1, 0.15) is 6.29 Å². The lowest BCUT2D eigenvalue weighted by atomic mass is 9.98. The van der Waals surface area contributed by atoms with Crippen LogP contribution in [0.25, 0.3) is 22.0 Å². The van der Waals surface area contributed by atoms with Gasteiger partial charge in [0.2, 0.25) is 5.88 Å². The zero-order valence-corrected chi connectivity index (χ0v) is 15.1. The molecule has 0 bridgehead atoms. The second-order valence-electron chi connectivity index (χ2n) is 7.13. The zero-order valence-electron chi connectivity index (χ0n) is 15.1. The largest absolute Gasteiger partial charge is 0.481 e. The van der Waals surface area contributed by atoms with Crippen molar-refractivity contribution < 1.29 is 9.53 Å². The summed E-state index contributed by atoms with van der Waals surface area (Å²) in [4.78, 5) is 23.3. The number of methoxy groups -OCH3 is 1. The van der Waals surface area contributed by atoms with Crippen molar-refractivity contribution >= 4 is 22.9 Å². The molecule has 136 valence electrons. The van der Waals surface area contributed by atoms with Crippen LogP contribution in [0.3, 0.4) is 0 Å². The lowest BCUT2D eigenvalue weighted by Crippen LogP contribution is -2.25. The van der Waals surface area contributed by atoms with E-state index in [0.29, 0.717) is 24.2 Å². The average Bonchev–Trinajstić information content (AvgIpc) is 3.48. The second-order valence-corrected chi connectivity index (χ2v) is 7.13. The number of fused-ring (bicyclic) bond motifs is 2. The number of rotatable bonds is 4. The zero-order chi connectivity index (χ0) is 18.5. The number of nitrogen functional groups attached to an aromatic ring is 1. The van der Waals surface area contributed by atoms with Crippen molar-refractivity contribution in [2.24, 2.45) is 0 Å². The summed E-state index contributed by atoms with van der Waals surface area (Å²) in [6, 6.07) is 9.95. The van der Waals surface area contributed by atoms with Gasteiger partial charge in [-0.2, -0.15) is 0 Å². The van der Waals surface area contributed by atoms with Crippen LogP contribution in [0.5, 0.6) is 5.88 Å².